The second-order valence-corrected chi connectivity index (χ2v) is 6.12. The van der Waals surface area contributed by atoms with Gasteiger partial charge in [-0.3, -0.25) is 4.79 Å². The molecule has 0 spiro atoms. The van der Waals surface area contributed by atoms with E-state index in [1.807, 2.05) is 30.9 Å². The van der Waals surface area contributed by atoms with Gasteiger partial charge in [0.15, 0.2) is 0 Å². The molecule has 0 bridgehead atoms. The van der Waals surface area contributed by atoms with Gasteiger partial charge in [-0.25, -0.2) is 0 Å². The van der Waals surface area contributed by atoms with Crippen LogP contribution < -0.4 is 5.73 Å². The molecular weight excluding hydrogens is 268 g/mol. The monoisotopic (exact) mass is 288 g/mol. The first-order valence-corrected chi connectivity index (χ1v) is 7.04. The Morgan fingerprint density at radius 3 is 2.78 bits per heavy atom. The summed E-state index contributed by atoms with van der Waals surface area (Å²) in [6, 6.07) is 4.19. The Morgan fingerprint density at radius 2 is 2.22 bits per heavy atom. The molecule has 2 heterocycles. The van der Waals surface area contributed by atoms with Gasteiger partial charge in [-0.05, 0) is 45.2 Å². The highest BCUT2D eigenvalue weighted by molar-refractivity contribution is 7.13. The van der Waals surface area contributed by atoms with Crippen LogP contribution in [0.25, 0.3) is 0 Å². The molecule has 1 amide bonds. The first-order valence-electron chi connectivity index (χ1n) is 6.22. The summed E-state index contributed by atoms with van der Waals surface area (Å²) in [7, 11) is 0. The van der Waals surface area contributed by atoms with Gasteiger partial charge in [-0.15, -0.1) is 23.7 Å². The second kappa shape index (κ2) is 6.55. The van der Waals surface area contributed by atoms with Crippen LogP contribution in [0.15, 0.2) is 12.1 Å². The van der Waals surface area contributed by atoms with Gasteiger partial charge in [0.1, 0.15) is 0 Å². The number of piperidine rings is 1. The number of nitrogens with zero attached hydrogens (tertiary/aromatic N) is 1. The fraction of sp³-hybridized carbons (Fsp3) is 0.615. The van der Waals surface area contributed by atoms with Crippen LogP contribution in [0.1, 0.15) is 40.7 Å². The number of halogens is 1. The normalized spacial score (nSPS) is 21.3. The summed E-state index contributed by atoms with van der Waals surface area (Å²) >= 11 is 1.57. The number of thiophene rings is 1. The lowest BCUT2D eigenvalue weighted by Gasteiger charge is -2.37. The average Bonchev–Trinajstić information content (AvgIpc) is 2.75. The largest absolute Gasteiger partial charge is 0.333 e. The number of hydrogen-bond donors (Lipinski definition) is 1. The first kappa shape index (κ1) is 15.5. The lowest BCUT2D eigenvalue weighted by Crippen LogP contribution is -2.51. The molecule has 2 rings (SSSR count). The minimum atomic E-state index is 0. The third-order valence-electron chi connectivity index (χ3n) is 3.37. The predicted molar refractivity (Wildman–Crippen MR) is 78.6 cm³/mol. The van der Waals surface area contributed by atoms with Gasteiger partial charge in [0.25, 0.3) is 5.91 Å². The van der Waals surface area contributed by atoms with Crippen LogP contribution >= 0.6 is 23.7 Å². The Hall–Kier alpha value is -0.580. The summed E-state index contributed by atoms with van der Waals surface area (Å²) in [5.41, 5.74) is 5.99. The molecule has 18 heavy (non-hydrogen) atoms. The van der Waals surface area contributed by atoms with E-state index in [1.165, 1.54) is 11.3 Å². The summed E-state index contributed by atoms with van der Waals surface area (Å²) in [4.78, 5) is 16.4. The van der Waals surface area contributed by atoms with Crippen molar-refractivity contribution in [3.63, 3.8) is 0 Å². The van der Waals surface area contributed by atoms with Crippen LogP contribution in [-0.4, -0.2) is 29.4 Å². The van der Waals surface area contributed by atoms with E-state index in [2.05, 4.69) is 0 Å². The number of carbonyl (C=O) groups excluding carboxylic acids is 1. The molecule has 1 aromatic heterocycles. The van der Waals surface area contributed by atoms with Crippen molar-refractivity contribution in [1.82, 2.24) is 4.90 Å². The molecular formula is C13H21ClN2OS. The number of aryl methyl sites for hydroxylation is 1. The summed E-state index contributed by atoms with van der Waals surface area (Å²) < 4.78 is 0. The summed E-state index contributed by atoms with van der Waals surface area (Å²) in [6.07, 6.45) is 3.31. The van der Waals surface area contributed by atoms with Crippen molar-refractivity contribution in [2.24, 2.45) is 5.73 Å². The maximum atomic E-state index is 12.4. The van der Waals surface area contributed by atoms with E-state index in [0.717, 1.165) is 24.3 Å². The zero-order valence-corrected chi connectivity index (χ0v) is 12.5. The Balaban J connectivity index is 0.00000162. The van der Waals surface area contributed by atoms with E-state index in [9.17, 15) is 4.79 Å². The number of nitrogens with two attached hydrogens (primary N) is 1. The minimum absolute atomic E-state index is 0. The van der Waals surface area contributed by atoms with Crippen LogP contribution in [0, 0.1) is 6.92 Å². The SMILES string of the molecule is Cc1ccc(C(=O)N2CCCCC2C(C)N)s1.Cl. The summed E-state index contributed by atoms with van der Waals surface area (Å²) in [6.45, 7) is 4.87. The van der Waals surface area contributed by atoms with Crippen molar-refractivity contribution in [2.75, 3.05) is 6.54 Å². The van der Waals surface area contributed by atoms with Crippen molar-refractivity contribution in [3.8, 4) is 0 Å². The van der Waals surface area contributed by atoms with Crippen molar-refractivity contribution in [2.45, 2.75) is 45.2 Å². The maximum Gasteiger partial charge on any atom is 0.264 e. The Bertz CT molecular complexity index is 405. The highest BCUT2D eigenvalue weighted by atomic mass is 35.5. The molecule has 2 atom stereocenters. The molecule has 0 aliphatic carbocycles. The molecule has 2 N–H and O–H groups in total. The molecule has 1 saturated heterocycles. The molecule has 0 aromatic carbocycles. The van der Waals surface area contributed by atoms with Gasteiger partial charge in [-0.1, -0.05) is 0 Å². The smallest absolute Gasteiger partial charge is 0.264 e. The molecule has 0 saturated carbocycles. The zero-order valence-electron chi connectivity index (χ0n) is 10.9. The third kappa shape index (κ3) is 3.25. The standard InChI is InChI=1S/C13H20N2OS.ClH/c1-9-6-7-12(17-9)13(16)15-8-4-3-5-11(15)10(2)14;/h6-7,10-11H,3-5,8,14H2,1-2H3;1H. The van der Waals surface area contributed by atoms with Crippen molar-refractivity contribution in [1.29, 1.82) is 0 Å². The van der Waals surface area contributed by atoms with Crippen LogP contribution in [0.5, 0.6) is 0 Å². The van der Waals surface area contributed by atoms with Gasteiger partial charge < -0.3 is 10.6 Å². The fourth-order valence-electron chi connectivity index (χ4n) is 2.45. The summed E-state index contributed by atoms with van der Waals surface area (Å²) in [5, 5.41) is 0. The number of amides is 1. The predicted octanol–water partition coefficient (Wildman–Crippen LogP) is 2.82. The van der Waals surface area contributed by atoms with Crippen LogP contribution in [0.3, 0.4) is 0 Å². The fourth-order valence-corrected chi connectivity index (χ4v) is 3.27. The first-order chi connectivity index (χ1) is 8.09. The van der Waals surface area contributed by atoms with Crippen LogP contribution in [-0.2, 0) is 0 Å². The second-order valence-electron chi connectivity index (χ2n) is 4.83. The van der Waals surface area contributed by atoms with E-state index in [1.54, 1.807) is 11.3 Å². The van der Waals surface area contributed by atoms with Crippen molar-refractivity contribution in [3.05, 3.63) is 21.9 Å². The Labute approximate surface area is 119 Å². The highest BCUT2D eigenvalue weighted by Gasteiger charge is 2.30. The molecule has 2 unspecified atom stereocenters. The van der Waals surface area contributed by atoms with E-state index in [4.69, 9.17) is 5.73 Å². The zero-order chi connectivity index (χ0) is 12.4. The molecule has 102 valence electrons. The molecule has 1 aromatic rings. The molecule has 1 aliphatic heterocycles. The van der Waals surface area contributed by atoms with E-state index in [0.29, 0.717) is 0 Å². The van der Waals surface area contributed by atoms with Gasteiger partial charge >= 0.3 is 0 Å². The molecule has 0 radical (unpaired) electrons. The third-order valence-corrected chi connectivity index (χ3v) is 4.36. The highest BCUT2D eigenvalue weighted by Crippen LogP contribution is 2.24. The van der Waals surface area contributed by atoms with E-state index >= 15 is 0 Å². The number of hydrogen-bond acceptors (Lipinski definition) is 3. The quantitative estimate of drug-likeness (QED) is 0.909. The molecule has 3 nitrogen and oxygen atoms in total. The molecule has 1 fully saturated rings. The van der Waals surface area contributed by atoms with Crippen molar-refractivity contribution < 1.29 is 4.79 Å². The molecule has 1 aliphatic rings. The number of likely N-dealkylation sites (tertiary alicyclic amines) is 1. The Morgan fingerprint density at radius 1 is 1.50 bits per heavy atom. The van der Waals surface area contributed by atoms with Gasteiger partial charge in [0, 0.05) is 23.5 Å². The van der Waals surface area contributed by atoms with Crippen LogP contribution in [0.4, 0.5) is 0 Å². The molecule has 5 heteroatoms. The summed E-state index contributed by atoms with van der Waals surface area (Å²) in [5.74, 6) is 0.158. The lowest BCUT2D eigenvalue weighted by atomic mass is 9.97. The topological polar surface area (TPSA) is 46.3 Å². The van der Waals surface area contributed by atoms with E-state index in [-0.39, 0.29) is 30.4 Å². The average molecular weight is 289 g/mol. The van der Waals surface area contributed by atoms with Crippen LogP contribution in [0.2, 0.25) is 0 Å². The lowest BCUT2D eigenvalue weighted by molar-refractivity contribution is 0.0589. The van der Waals surface area contributed by atoms with E-state index < -0.39 is 0 Å². The van der Waals surface area contributed by atoms with Gasteiger partial charge in [-0.2, -0.15) is 0 Å². The van der Waals surface area contributed by atoms with Crippen molar-refractivity contribution >= 4 is 29.7 Å². The Kier molecular flexibility index (Phi) is 5.63. The van der Waals surface area contributed by atoms with Gasteiger partial charge in [0.2, 0.25) is 0 Å². The maximum absolute atomic E-state index is 12.4. The van der Waals surface area contributed by atoms with Gasteiger partial charge in [0.05, 0.1) is 4.88 Å². The number of carbonyl (C=O) groups is 1. The minimum Gasteiger partial charge on any atom is -0.333 e. The number of rotatable bonds is 2.